The molecule has 0 amide bonds. The first-order valence-electron chi connectivity index (χ1n) is 10.6. The second-order valence-corrected chi connectivity index (χ2v) is 8.86. The van der Waals surface area contributed by atoms with E-state index in [1.54, 1.807) is 32.1 Å². The van der Waals surface area contributed by atoms with E-state index in [4.69, 9.17) is 37.4 Å². The normalized spacial score (nSPS) is 19.3. The van der Waals surface area contributed by atoms with Crippen molar-refractivity contribution in [2.75, 3.05) is 26.6 Å². The predicted molar refractivity (Wildman–Crippen MR) is 128 cm³/mol. The number of benzene rings is 2. The number of hydrogen-bond donors (Lipinski definition) is 1. The molecule has 2 heterocycles. The molecule has 2 aliphatic rings. The highest BCUT2D eigenvalue weighted by Crippen LogP contribution is 2.48. The van der Waals surface area contributed by atoms with Crippen molar-refractivity contribution in [3.63, 3.8) is 0 Å². The van der Waals surface area contributed by atoms with Crippen molar-refractivity contribution in [3.05, 3.63) is 69.1 Å². The number of carbonyl (C=O) groups is 1. The van der Waals surface area contributed by atoms with E-state index < -0.39 is 6.04 Å². The Labute approximate surface area is 206 Å². The van der Waals surface area contributed by atoms with Crippen molar-refractivity contribution in [2.24, 2.45) is 0 Å². The molecule has 0 spiro atoms. The SMILES string of the molecule is COc1cc(C2CC(=O)C3=C(C2)Nc2ncnn2C3c2cccc(Cl)c2Cl)cc(OC)c1OC. The van der Waals surface area contributed by atoms with Crippen LogP contribution >= 0.6 is 23.2 Å². The van der Waals surface area contributed by atoms with Gasteiger partial charge in [-0.15, -0.1) is 0 Å². The van der Waals surface area contributed by atoms with Crippen LogP contribution in [0.25, 0.3) is 0 Å². The van der Waals surface area contributed by atoms with E-state index in [-0.39, 0.29) is 11.7 Å². The zero-order valence-corrected chi connectivity index (χ0v) is 20.3. The first kappa shape index (κ1) is 22.6. The van der Waals surface area contributed by atoms with Crippen LogP contribution < -0.4 is 19.5 Å². The molecular weight excluding hydrogens is 479 g/mol. The van der Waals surface area contributed by atoms with Gasteiger partial charge in [-0.2, -0.15) is 10.1 Å². The molecule has 176 valence electrons. The zero-order valence-electron chi connectivity index (χ0n) is 18.8. The Bertz CT molecular complexity index is 1300. The Morgan fingerprint density at radius 3 is 2.47 bits per heavy atom. The van der Waals surface area contributed by atoms with Gasteiger partial charge in [0.15, 0.2) is 17.3 Å². The molecule has 2 unspecified atom stereocenters. The van der Waals surface area contributed by atoms with E-state index in [1.165, 1.54) is 6.33 Å². The van der Waals surface area contributed by atoms with E-state index in [2.05, 4.69) is 15.4 Å². The number of nitrogens with zero attached hydrogens (tertiary/aromatic N) is 3. The predicted octanol–water partition coefficient (Wildman–Crippen LogP) is 5.03. The topological polar surface area (TPSA) is 87.5 Å². The maximum Gasteiger partial charge on any atom is 0.226 e. The summed E-state index contributed by atoms with van der Waals surface area (Å²) in [7, 11) is 4.70. The van der Waals surface area contributed by atoms with Gasteiger partial charge in [-0.1, -0.05) is 35.3 Å². The Hall–Kier alpha value is -3.23. The third-order valence-electron chi connectivity index (χ3n) is 6.30. The number of carbonyl (C=O) groups excluding carboxylic acids is 1. The average molecular weight is 501 g/mol. The number of anilines is 1. The van der Waals surface area contributed by atoms with Crippen LogP contribution in [0.5, 0.6) is 17.2 Å². The van der Waals surface area contributed by atoms with Gasteiger partial charge >= 0.3 is 0 Å². The number of ether oxygens (including phenoxy) is 3. The summed E-state index contributed by atoms with van der Waals surface area (Å²) in [4.78, 5) is 18.0. The van der Waals surface area contributed by atoms with Crippen molar-refractivity contribution < 1.29 is 19.0 Å². The van der Waals surface area contributed by atoms with Gasteiger partial charge in [0.05, 0.1) is 31.4 Å². The van der Waals surface area contributed by atoms with Gasteiger partial charge in [-0.25, -0.2) is 4.68 Å². The summed E-state index contributed by atoms with van der Waals surface area (Å²) in [5.74, 6) is 2.04. The fraction of sp³-hybridized carbons (Fsp3) is 0.292. The molecule has 8 nitrogen and oxygen atoms in total. The molecule has 3 aromatic rings. The number of rotatable bonds is 5. The second-order valence-electron chi connectivity index (χ2n) is 8.08. The molecule has 1 aromatic heterocycles. The van der Waals surface area contributed by atoms with Crippen molar-refractivity contribution in [2.45, 2.75) is 24.8 Å². The molecule has 0 radical (unpaired) electrons. The number of ketones is 1. The van der Waals surface area contributed by atoms with E-state index in [9.17, 15) is 4.79 Å². The van der Waals surface area contributed by atoms with Crippen LogP contribution in [0.1, 0.15) is 35.9 Å². The number of fused-ring (bicyclic) bond motifs is 1. The highest BCUT2D eigenvalue weighted by Gasteiger charge is 2.40. The van der Waals surface area contributed by atoms with Gasteiger partial charge in [-0.05, 0) is 36.1 Å². The highest BCUT2D eigenvalue weighted by atomic mass is 35.5. The number of methoxy groups -OCH3 is 3. The standard InChI is InChI=1S/C24H22Cl2N4O4/c1-32-18-9-13(10-19(33-2)23(18)34-3)12-7-16-20(17(31)8-12)22(30-24(29-16)27-11-28-30)14-5-4-6-15(25)21(14)26/h4-6,9-12,22H,7-8H2,1-3H3,(H,27,28,29). The summed E-state index contributed by atoms with van der Waals surface area (Å²) in [5, 5.41) is 8.48. The van der Waals surface area contributed by atoms with Gasteiger partial charge in [-0.3, -0.25) is 4.79 Å². The first-order chi connectivity index (χ1) is 16.5. The maximum atomic E-state index is 13.6. The van der Waals surface area contributed by atoms with Crippen molar-refractivity contribution in [3.8, 4) is 17.2 Å². The average Bonchev–Trinajstić information content (AvgIpc) is 3.31. The minimum Gasteiger partial charge on any atom is -0.493 e. The van der Waals surface area contributed by atoms with Crippen LogP contribution in [0.15, 0.2) is 47.9 Å². The first-order valence-corrected chi connectivity index (χ1v) is 11.4. The van der Waals surface area contributed by atoms with E-state index in [0.29, 0.717) is 57.2 Å². The molecule has 10 heteroatoms. The van der Waals surface area contributed by atoms with Crippen LogP contribution in [0, 0.1) is 0 Å². The minimum absolute atomic E-state index is 0.00491. The van der Waals surface area contributed by atoms with Gasteiger partial charge in [0.25, 0.3) is 0 Å². The third kappa shape index (κ3) is 3.58. The fourth-order valence-electron chi connectivity index (χ4n) is 4.74. The summed E-state index contributed by atoms with van der Waals surface area (Å²) in [6.45, 7) is 0. The Morgan fingerprint density at radius 1 is 1.06 bits per heavy atom. The Morgan fingerprint density at radius 2 is 1.79 bits per heavy atom. The molecule has 0 bridgehead atoms. The van der Waals surface area contributed by atoms with E-state index >= 15 is 0 Å². The van der Waals surface area contributed by atoms with Crippen LogP contribution in [0.4, 0.5) is 5.95 Å². The van der Waals surface area contributed by atoms with Crippen molar-refractivity contribution >= 4 is 34.9 Å². The lowest BCUT2D eigenvalue weighted by Crippen LogP contribution is -2.33. The number of allylic oxidation sites excluding steroid dienone is 2. The van der Waals surface area contributed by atoms with Crippen molar-refractivity contribution in [1.29, 1.82) is 0 Å². The molecule has 2 atom stereocenters. The van der Waals surface area contributed by atoms with Crippen molar-refractivity contribution in [1.82, 2.24) is 14.8 Å². The number of nitrogens with one attached hydrogen (secondary N) is 1. The highest BCUT2D eigenvalue weighted by molar-refractivity contribution is 6.42. The molecule has 0 saturated carbocycles. The second kappa shape index (κ2) is 8.85. The van der Waals surface area contributed by atoms with Crippen LogP contribution in [-0.4, -0.2) is 41.9 Å². The maximum absolute atomic E-state index is 13.6. The summed E-state index contributed by atoms with van der Waals surface area (Å²) in [6.07, 6.45) is 2.34. The zero-order chi connectivity index (χ0) is 24.0. The summed E-state index contributed by atoms with van der Waals surface area (Å²) >= 11 is 12.9. The quantitative estimate of drug-likeness (QED) is 0.525. The fourth-order valence-corrected chi connectivity index (χ4v) is 5.16. The third-order valence-corrected chi connectivity index (χ3v) is 7.13. The van der Waals surface area contributed by atoms with E-state index in [1.807, 2.05) is 24.3 Å². The van der Waals surface area contributed by atoms with Gasteiger partial charge in [0.1, 0.15) is 12.4 Å². The van der Waals surface area contributed by atoms with Crippen LogP contribution in [0.3, 0.4) is 0 Å². The molecule has 2 aromatic carbocycles. The summed E-state index contributed by atoms with van der Waals surface area (Å²) in [6, 6.07) is 8.65. The molecule has 5 rings (SSSR count). The van der Waals surface area contributed by atoms with Crippen LogP contribution in [-0.2, 0) is 4.79 Å². The number of Topliss-reactive ketones (excluding diaryl/α,β-unsaturated/α-hetero) is 1. The number of hydrogen-bond acceptors (Lipinski definition) is 7. The molecule has 1 N–H and O–H groups in total. The van der Waals surface area contributed by atoms with Gasteiger partial charge in [0, 0.05) is 23.3 Å². The summed E-state index contributed by atoms with van der Waals surface area (Å²) < 4.78 is 18.1. The molecule has 0 fully saturated rings. The van der Waals surface area contributed by atoms with Crippen LogP contribution in [0.2, 0.25) is 10.0 Å². The van der Waals surface area contributed by atoms with Gasteiger partial charge in [0.2, 0.25) is 11.7 Å². The molecule has 34 heavy (non-hydrogen) atoms. The Balaban J connectivity index is 1.60. The number of aromatic nitrogens is 3. The monoisotopic (exact) mass is 500 g/mol. The lowest BCUT2D eigenvalue weighted by Gasteiger charge is -2.35. The van der Waals surface area contributed by atoms with E-state index in [0.717, 1.165) is 11.3 Å². The molecule has 1 aliphatic carbocycles. The smallest absolute Gasteiger partial charge is 0.226 e. The molecule has 1 aliphatic heterocycles. The lowest BCUT2D eigenvalue weighted by atomic mass is 9.77. The minimum atomic E-state index is -0.520. The summed E-state index contributed by atoms with van der Waals surface area (Å²) in [5.41, 5.74) is 3.03. The molecular formula is C24H22Cl2N4O4. The largest absolute Gasteiger partial charge is 0.493 e. The Kier molecular flexibility index (Phi) is 5.87. The van der Waals surface area contributed by atoms with Gasteiger partial charge < -0.3 is 19.5 Å². The lowest BCUT2D eigenvalue weighted by molar-refractivity contribution is -0.116. The molecule has 0 saturated heterocycles. The number of halogens is 2.